The van der Waals surface area contributed by atoms with Crippen LogP contribution >= 0.6 is 0 Å². The van der Waals surface area contributed by atoms with E-state index in [1.807, 2.05) is 87.5 Å². The number of cyclic esters (lactones) is 1. The van der Waals surface area contributed by atoms with E-state index in [2.05, 4.69) is 17.1 Å². The molecule has 1 N–H and O–H groups in total. The quantitative estimate of drug-likeness (QED) is 0.702. The van der Waals surface area contributed by atoms with E-state index in [1.54, 1.807) is 0 Å². The molecule has 4 rings (SSSR count). The fourth-order valence-electron chi connectivity index (χ4n) is 3.90. The first-order valence-corrected chi connectivity index (χ1v) is 9.32. The van der Waals surface area contributed by atoms with Gasteiger partial charge in [-0.25, -0.2) is 4.79 Å². The zero-order valence-electron chi connectivity index (χ0n) is 16.9. The monoisotopic (exact) mass is 375 g/mol. The average Bonchev–Trinajstić information content (AvgIpc) is 3.23. The highest BCUT2D eigenvalue weighted by atomic mass is 16.6. The van der Waals surface area contributed by atoms with Gasteiger partial charge >= 0.3 is 5.97 Å². The summed E-state index contributed by atoms with van der Waals surface area (Å²) in [6, 6.07) is 16.1. The van der Waals surface area contributed by atoms with Gasteiger partial charge in [-0.1, -0.05) is 18.2 Å². The van der Waals surface area contributed by atoms with Crippen molar-refractivity contribution in [3.63, 3.8) is 0 Å². The molecule has 0 radical (unpaired) electrons. The van der Waals surface area contributed by atoms with E-state index in [1.165, 1.54) is 0 Å². The average molecular weight is 375 g/mol. The molecule has 0 fully saturated rings. The molecule has 144 valence electrons. The Balaban J connectivity index is 1.98. The summed E-state index contributed by atoms with van der Waals surface area (Å²) in [7, 11) is 7.94. The third kappa shape index (κ3) is 2.58. The molecular weight excluding hydrogens is 350 g/mol. The van der Waals surface area contributed by atoms with Crippen molar-refractivity contribution in [2.75, 3.05) is 38.0 Å². The van der Waals surface area contributed by atoms with Crippen LogP contribution in [0.25, 0.3) is 0 Å². The molecule has 1 aliphatic heterocycles. The second-order valence-electron chi connectivity index (χ2n) is 7.67. The summed E-state index contributed by atoms with van der Waals surface area (Å²) in [6.07, 6.45) is 1.89. The highest BCUT2D eigenvalue weighted by Crippen LogP contribution is 2.48. The Morgan fingerprint density at radius 2 is 1.54 bits per heavy atom. The number of carbonyl (C=O) groups excluding carboxylic acids is 1. The number of H-pyrrole nitrogens is 1. The summed E-state index contributed by atoms with van der Waals surface area (Å²) in [5.74, 6) is -0.301. The molecule has 2 heterocycles. The second-order valence-corrected chi connectivity index (χ2v) is 7.67. The Labute approximate surface area is 165 Å². The number of fused-ring (bicyclic) bond motifs is 1. The summed E-state index contributed by atoms with van der Waals surface area (Å²) in [5, 5.41) is 0. The molecule has 0 aliphatic carbocycles. The first-order chi connectivity index (χ1) is 13.3. The topological polar surface area (TPSA) is 48.6 Å². The molecule has 3 aromatic rings. The highest BCUT2D eigenvalue weighted by molar-refractivity contribution is 5.97. The Hall–Kier alpha value is -3.21. The van der Waals surface area contributed by atoms with Crippen LogP contribution in [0.3, 0.4) is 0 Å². The van der Waals surface area contributed by atoms with Crippen molar-refractivity contribution < 1.29 is 9.53 Å². The van der Waals surface area contributed by atoms with Gasteiger partial charge in [0.2, 0.25) is 5.60 Å². The van der Waals surface area contributed by atoms with Gasteiger partial charge in [-0.15, -0.1) is 0 Å². The summed E-state index contributed by atoms with van der Waals surface area (Å²) >= 11 is 0. The normalized spacial score (nSPS) is 18.0. The second kappa shape index (κ2) is 6.44. The molecule has 1 unspecified atom stereocenters. The maximum absolute atomic E-state index is 12.9. The lowest BCUT2D eigenvalue weighted by atomic mass is 9.81. The minimum absolute atomic E-state index is 0.301. The van der Waals surface area contributed by atoms with Crippen LogP contribution in [-0.4, -0.2) is 39.1 Å². The van der Waals surface area contributed by atoms with Crippen molar-refractivity contribution in [1.82, 2.24) is 4.98 Å². The minimum Gasteiger partial charge on any atom is -0.439 e. The molecule has 0 amide bonds. The van der Waals surface area contributed by atoms with Crippen molar-refractivity contribution in [3.8, 4) is 0 Å². The van der Waals surface area contributed by atoms with Crippen molar-refractivity contribution in [2.45, 2.75) is 12.5 Å². The van der Waals surface area contributed by atoms with Crippen LogP contribution in [0, 0.1) is 6.92 Å². The van der Waals surface area contributed by atoms with Gasteiger partial charge in [0.05, 0.1) is 11.3 Å². The number of anilines is 2. The number of hydrogen-bond acceptors (Lipinski definition) is 4. The van der Waals surface area contributed by atoms with E-state index >= 15 is 0 Å². The fourth-order valence-corrected chi connectivity index (χ4v) is 3.90. The summed E-state index contributed by atoms with van der Waals surface area (Å²) in [5.41, 5.74) is 5.42. The van der Waals surface area contributed by atoms with E-state index < -0.39 is 5.60 Å². The van der Waals surface area contributed by atoms with Crippen LogP contribution in [0.2, 0.25) is 0 Å². The zero-order valence-corrected chi connectivity index (χ0v) is 16.9. The Morgan fingerprint density at radius 3 is 2.11 bits per heavy atom. The number of esters is 1. The predicted octanol–water partition coefficient (Wildman–Crippen LogP) is 3.92. The number of rotatable bonds is 4. The predicted molar refractivity (Wildman–Crippen MR) is 112 cm³/mol. The molecule has 1 aromatic heterocycles. The third-order valence-electron chi connectivity index (χ3n) is 5.46. The lowest BCUT2D eigenvalue weighted by Gasteiger charge is -2.30. The molecule has 5 nitrogen and oxygen atoms in total. The van der Waals surface area contributed by atoms with E-state index in [4.69, 9.17) is 4.74 Å². The summed E-state index contributed by atoms with van der Waals surface area (Å²) < 4.78 is 6.16. The molecule has 0 saturated carbocycles. The number of carbonyl (C=O) groups is 1. The van der Waals surface area contributed by atoms with Crippen LogP contribution in [0.15, 0.2) is 54.7 Å². The van der Waals surface area contributed by atoms with Gasteiger partial charge in [-0.3, -0.25) is 0 Å². The zero-order chi connectivity index (χ0) is 20.1. The number of hydrogen-bond donors (Lipinski definition) is 1. The van der Waals surface area contributed by atoms with E-state index in [9.17, 15) is 4.79 Å². The van der Waals surface area contributed by atoms with E-state index in [0.29, 0.717) is 5.56 Å². The van der Waals surface area contributed by atoms with Crippen molar-refractivity contribution >= 4 is 17.3 Å². The van der Waals surface area contributed by atoms with Gasteiger partial charge in [0.1, 0.15) is 0 Å². The number of benzene rings is 2. The van der Waals surface area contributed by atoms with Crippen molar-refractivity contribution in [3.05, 3.63) is 82.7 Å². The lowest BCUT2D eigenvalue weighted by molar-refractivity contribution is 0.0238. The molecule has 1 aliphatic rings. The van der Waals surface area contributed by atoms with Gasteiger partial charge in [-0.2, -0.15) is 0 Å². The Kier molecular flexibility index (Phi) is 4.18. The maximum atomic E-state index is 12.9. The van der Waals surface area contributed by atoms with Gasteiger partial charge in [0, 0.05) is 56.9 Å². The first-order valence-electron chi connectivity index (χ1n) is 9.32. The number of nitrogens with one attached hydrogen (secondary N) is 1. The van der Waals surface area contributed by atoms with Crippen LogP contribution < -0.4 is 9.80 Å². The summed E-state index contributed by atoms with van der Waals surface area (Å²) in [6.45, 7) is 2.03. The van der Waals surface area contributed by atoms with Gasteiger partial charge in [0.15, 0.2) is 0 Å². The Morgan fingerprint density at radius 1 is 0.893 bits per heavy atom. The molecule has 5 heteroatoms. The van der Waals surface area contributed by atoms with Crippen molar-refractivity contribution in [2.24, 2.45) is 0 Å². The van der Waals surface area contributed by atoms with Gasteiger partial charge in [-0.05, 0) is 42.8 Å². The van der Waals surface area contributed by atoms with Crippen LogP contribution in [0.4, 0.5) is 11.4 Å². The lowest BCUT2D eigenvalue weighted by Crippen LogP contribution is -2.31. The smallest absolute Gasteiger partial charge is 0.340 e. The first kappa shape index (κ1) is 18.2. The molecule has 0 spiro atoms. The minimum atomic E-state index is -0.977. The molecule has 0 bridgehead atoms. The third-order valence-corrected chi connectivity index (χ3v) is 5.46. The van der Waals surface area contributed by atoms with Crippen LogP contribution in [0.5, 0.6) is 0 Å². The SMILES string of the molecule is Cc1cc[nH]c1C1(c2ccc(N(C)C)cc2)OC(=O)c2cc(N(C)C)ccc21. The molecule has 0 saturated heterocycles. The standard InChI is InChI=1S/C23H25N3O2/c1-15-12-13-24-21(15)23(16-6-8-17(9-7-16)25(2)3)20-11-10-18(26(4)5)14-19(20)22(27)28-23/h6-14,24H,1-5H3. The molecule has 28 heavy (non-hydrogen) atoms. The van der Waals surface area contributed by atoms with E-state index in [0.717, 1.165) is 33.8 Å². The van der Waals surface area contributed by atoms with E-state index in [-0.39, 0.29) is 5.97 Å². The number of nitrogens with zero attached hydrogens (tertiary/aromatic N) is 2. The van der Waals surface area contributed by atoms with Crippen LogP contribution in [0.1, 0.15) is 32.7 Å². The number of aromatic amines is 1. The van der Waals surface area contributed by atoms with Gasteiger partial charge in [0.25, 0.3) is 0 Å². The van der Waals surface area contributed by atoms with Crippen molar-refractivity contribution in [1.29, 1.82) is 0 Å². The maximum Gasteiger partial charge on any atom is 0.340 e. The number of ether oxygens (including phenoxy) is 1. The largest absolute Gasteiger partial charge is 0.439 e. The highest BCUT2D eigenvalue weighted by Gasteiger charge is 2.50. The summed E-state index contributed by atoms with van der Waals surface area (Å²) in [4.78, 5) is 20.3. The molecule has 2 aromatic carbocycles. The number of aromatic nitrogens is 1. The molecule has 1 atom stereocenters. The number of aryl methyl sites for hydroxylation is 1. The Bertz CT molecular complexity index is 1030. The fraction of sp³-hybridized carbons (Fsp3) is 0.261. The van der Waals surface area contributed by atoms with Gasteiger partial charge < -0.3 is 19.5 Å². The van der Waals surface area contributed by atoms with Crippen LogP contribution in [-0.2, 0) is 10.3 Å². The molecular formula is C23H25N3O2.